The van der Waals surface area contributed by atoms with Crippen LogP contribution in [0.4, 0.5) is 5.69 Å². The zero-order valence-electron chi connectivity index (χ0n) is 17.0. The van der Waals surface area contributed by atoms with Gasteiger partial charge in [-0.1, -0.05) is 43.0 Å². The Labute approximate surface area is 180 Å². The Morgan fingerprint density at radius 2 is 1.70 bits per heavy atom. The molecule has 30 heavy (non-hydrogen) atoms. The van der Waals surface area contributed by atoms with Crippen LogP contribution in [0.2, 0.25) is 5.02 Å². The molecule has 0 unspecified atom stereocenters. The summed E-state index contributed by atoms with van der Waals surface area (Å²) in [5, 5.41) is 4.12. The molecule has 0 bridgehead atoms. The van der Waals surface area contributed by atoms with Gasteiger partial charge in [0, 0.05) is 23.7 Å². The molecule has 1 fully saturated rings. The number of hydrogen-bond donors (Lipinski definition) is 1. The predicted octanol–water partition coefficient (Wildman–Crippen LogP) is 4.76. The number of halogens is 1. The first-order valence-electron chi connectivity index (χ1n) is 10.1. The molecule has 1 N–H and O–H groups in total. The number of carbonyl (C=O) groups is 3. The van der Waals surface area contributed by atoms with Gasteiger partial charge in [0.15, 0.2) is 0 Å². The SMILES string of the molecule is COC(=O)c1cc(-c2ccc(Cl)cc2)c(NC2CCCCC2)c2c1C(=O)N(C)C2=O. The Kier molecular flexibility index (Phi) is 5.52. The molecule has 1 saturated carbocycles. The lowest BCUT2D eigenvalue weighted by molar-refractivity contribution is 0.0590. The molecule has 0 atom stereocenters. The Hall–Kier alpha value is -2.86. The van der Waals surface area contributed by atoms with Crippen molar-refractivity contribution in [1.82, 2.24) is 4.90 Å². The molecule has 2 aliphatic rings. The van der Waals surface area contributed by atoms with Gasteiger partial charge < -0.3 is 10.1 Å². The molecule has 156 valence electrons. The number of benzene rings is 2. The van der Waals surface area contributed by atoms with E-state index in [2.05, 4.69) is 5.32 Å². The van der Waals surface area contributed by atoms with E-state index in [1.165, 1.54) is 20.6 Å². The van der Waals surface area contributed by atoms with Gasteiger partial charge in [0.1, 0.15) is 0 Å². The van der Waals surface area contributed by atoms with E-state index in [4.69, 9.17) is 16.3 Å². The standard InChI is InChI=1S/C23H23ClN2O4/c1-26-21(27)18-17(23(29)30-2)12-16(13-8-10-14(24)11-9-13)20(19(18)22(26)28)25-15-6-4-3-5-7-15/h8-12,15,25H,3-7H2,1-2H3. The van der Waals surface area contributed by atoms with Crippen molar-refractivity contribution in [1.29, 1.82) is 0 Å². The molecular formula is C23H23ClN2O4. The van der Waals surface area contributed by atoms with Gasteiger partial charge in [0.2, 0.25) is 0 Å². The number of nitrogens with one attached hydrogen (secondary N) is 1. The van der Waals surface area contributed by atoms with E-state index >= 15 is 0 Å². The fraction of sp³-hybridized carbons (Fsp3) is 0.348. The van der Waals surface area contributed by atoms with E-state index in [1.54, 1.807) is 18.2 Å². The highest BCUT2D eigenvalue weighted by Gasteiger charge is 2.41. The van der Waals surface area contributed by atoms with Crippen LogP contribution in [0.1, 0.15) is 63.2 Å². The van der Waals surface area contributed by atoms with Crippen LogP contribution in [0.5, 0.6) is 0 Å². The molecular weight excluding hydrogens is 404 g/mol. The number of imide groups is 1. The first-order chi connectivity index (χ1) is 14.4. The summed E-state index contributed by atoms with van der Waals surface area (Å²) in [6.07, 6.45) is 5.41. The van der Waals surface area contributed by atoms with Crippen molar-refractivity contribution in [3.05, 3.63) is 52.0 Å². The fourth-order valence-electron chi connectivity index (χ4n) is 4.28. The number of rotatable bonds is 4. The molecule has 6 nitrogen and oxygen atoms in total. The van der Waals surface area contributed by atoms with Crippen LogP contribution in [-0.4, -0.2) is 42.9 Å². The molecule has 1 aliphatic carbocycles. The molecule has 0 aromatic heterocycles. The van der Waals surface area contributed by atoms with Gasteiger partial charge in [-0.05, 0) is 36.6 Å². The van der Waals surface area contributed by atoms with E-state index in [0.717, 1.165) is 36.1 Å². The molecule has 7 heteroatoms. The normalized spacial score (nSPS) is 16.6. The molecule has 2 aromatic carbocycles. The third-order valence-corrected chi connectivity index (χ3v) is 6.13. The van der Waals surface area contributed by atoms with E-state index in [-0.39, 0.29) is 22.7 Å². The smallest absolute Gasteiger partial charge is 0.338 e. The number of fused-ring (bicyclic) bond motifs is 1. The van der Waals surface area contributed by atoms with E-state index in [0.29, 0.717) is 16.3 Å². The Bertz CT molecular complexity index is 1030. The van der Waals surface area contributed by atoms with Gasteiger partial charge in [-0.3, -0.25) is 14.5 Å². The van der Waals surface area contributed by atoms with E-state index in [9.17, 15) is 14.4 Å². The van der Waals surface area contributed by atoms with Crippen LogP contribution >= 0.6 is 11.6 Å². The summed E-state index contributed by atoms with van der Waals surface area (Å²) in [7, 11) is 2.69. The second-order valence-corrected chi connectivity index (χ2v) is 8.18. The molecule has 1 heterocycles. The highest BCUT2D eigenvalue weighted by atomic mass is 35.5. The van der Waals surface area contributed by atoms with Crippen molar-refractivity contribution in [3.8, 4) is 11.1 Å². The Balaban J connectivity index is 1.97. The average molecular weight is 427 g/mol. The van der Waals surface area contributed by atoms with Gasteiger partial charge in [0.05, 0.1) is 29.5 Å². The van der Waals surface area contributed by atoms with Crippen molar-refractivity contribution in [2.75, 3.05) is 19.5 Å². The van der Waals surface area contributed by atoms with Gasteiger partial charge >= 0.3 is 5.97 Å². The minimum absolute atomic E-state index is 0.0920. The Morgan fingerprint density at radius 1 is 1.07 bits per heavy atom. The predicted molar refractivity (Wildman–Crippen MR) is 115 cm³/mol. The van der Waals surface area contributed by atoms with Gasteiger partial charge in [-0.25, -0.2) is 4.79 Å². The summed E-state index contributed by atoms with van der Waals surface area (Å²) >= 11 is 6.06. The largest absolute Gasteiger partial charge is 0.465 e. The quantitative estimate of drug-likeness (QED) is 0.563. The van der Waals surface area contributed by atoms with Crippen LogP contribution in [0.3, 0.4) is 0 Å². The molecule has 0 spiro atoms. The maximum absolute atomic E-state index is 13.1. The topological polar surface area (TPSA) is 75.7 Å². The van der Waals surface area contributed by atoms with Gasteiger partial charge in [0.25, 0.3) is 11.8 Å². The summed E-state index contributed by atoms with van der Waals surface area (Å²) < 4.78 is 4.92. The highest BCUT2D eigenvalue weighted by molar-refractivity contribution is 6.30. The van der Waals surface area contributed by atoms with Gasteiger partial charge in [-0.15, -0.1) is 0 Å². The monoisotopic (exact) mass is 426 g/mol. The van der Waals surface area contributed by atoms with Crippen LogP contribution < -0.4 is 5.32 Å². The second kappa shape index (κ2) is 8.11. The van der Waals surface area contributed by atoms with Crippen molar-refractivity contribution in [2.45, 2.75) is 38.1 Å². The molecule has 1 aliphatic heterocycles. The molecule has 2 aromatic rings. The molecule has 0 saturated heterocycles. The summed E-state index contributed by atoms with van der Waals surface area (Å²) in [5.74, 6) is -1.57. The minimum atomic E-state index is -0.651. The lowest BCUT2D eigenvalue weighted by Gasteiger charge is -2.27. The van der Waals surface area contributed by atoms with E-state index in [1.807, 2.05) is 12.1 Å². The number of amides is 2. The number of esters is 1. The molecule has 0 radical (unpaired) electrons. The zero-order chi connectivity index (χ0) is 21.4. The lowest BCUT2D eigenvalue weighted by Crippen LogP contribution is -2.26. The third-order valence-electron chi connectivity index (χ3n) is 5.88. The number of nitrogens with zero attached hydrogens (tertiary/aromatic N) is 1. The first-order valence-corrected chi connectivity index (χ1v) is 10.4. The highest BCUT2D eigenvalue weighted by Crippen LogP contribution is 2.41. The summed E-state index contributed by atoms with van der Waals surface area (Å²) in [6.45, 7) is 0. The average Bonchev–Trinajstić information content (AvgIpc) is 2.99. The van der Waals surface area contributed by atoms with Crippen molar-refractivity contribution in [3.63, 3.8) is 0 Å². The summed E-state index contributed by atoms with van der Waals surface area (Å²) in [4.78, 5) is 39.5. The number of carbonyl (C=O) groups excluding carboxylic acids is 3. The number of ether oxygens (including phenoxy) is 1. The Morgan fingerprint density at radius 3 is 2.33 bits per heavy atom. The van der Waals surface area contributed by atoms with Crippen LogP contribution in [0.25, 0.3) is 11.1 Å². The van der Waals surface area contributed by atoms with E-state index < -0.39 is 17.8 Å². The second-order valence-electron chi connectivity index (χ2n) is 7.74. The molecule has 2 amide bonds. The van der Waals surface area contributed by atoms with Crippen LogP contribution in [-0.2, 0) is 4.74 Å². The van der Waals surface area contributed by atoms with Crippen molar-refractivity contribution in [2.24, 2.45) is 0 Å². The minimum Gasteiger partial charge on any atom is -0.465 e. The zero-order valence-corrected chi connectivity index (χ0v) is 17.7. The maximum atomic E-state index is 13.1. The maximum Gasteiger partial charge on any atom is 0.338 e. The summed E-state index contributed by atoms with van der Waals surface area (Å²) in [5.41, 5.74) is 2.49. The first kappa shape index (κ1) is 20.4. The van der Waals surface area contributed by atoms with Crippen molar-refractivity contribution < 1.29 is 19.1 Å². The number of hydrogen-bond acceptors (Lipinski definition) is 5. The third kappa shape index (κ3) is 3.45. The van der Waals surface area contributed by atoms with Gasteiger partial charge in [-0.2, -0.15) is 0 Å². The van der Waals surface area contributed by atoms with Crippen LogP contribution in [0, 0.1) is 0 Å². The fourth-order valence-corrected chi connectivity index (χ4v) is 4.40. The lowest BCUT2D eigenvalue weighted by atomic mass is 9.90. The molecule has 4 rings (SSSR count). The summed E-state index contributed by atoms with van der Waals surface area (Å²) in [6, 6.07) is 9.02. The van der Waals surface area contributed by atoms with Crippen molar-refractivity contribution >= 4 is 35.1 Å². The van der Waals surface area contributed by atoms with Crippen LogP contribution in [0.15, 0.2) is 30.3 Å². The number of anilines is 1. The number of methoxy groups -OCH3 is 1.